The van der Waals surface area contributed by atoms with Crippen LogP contribution in [0.2, 0.25) is 0 Å². The van der Waals surface area contributed by atoms with Gasteiger partial charge in [-0.3, -0.25) is 0 Å². The lowest BCUT2D eigenvalue weighted by Crippen LogP contribution is -2.15. The van der Waals surface area contributed by atoms with Crippen molar-refractivity contribution in [2.24, 2.45) is 0 Å². The topological polar surface area (TPSA) is 21.3 Å². The molecule has 0 saturated heterocycles. The molecule has 1 N–H and O–H groups in total. The van der Waals surface area contributed by atoms with Crippen molar-refractivity contribution in [2.45, 2.75) is 149 Å². The first kappa shape index (κ1) is 26.9. The maximum absolute atomic E-state index is 5.36. The van der Waals surface area contributed by atoms with Crippen LogP contribution in [-0.4, -0.2) is 13.2 Å². The van der Waals surface area contributed by atoms with Crippen LogP contribution in [0.5, 0.6) is 0 Å². The summed E-state index contributed by atoms with van der Waals surface area (Å²) in [6.07, 6.45) is 29.8. The fourth-order valence-corrected chi connectivity index (χ4v) is 3.68. The third-order valence-electron chi connectivity index (χ3n) is 5.55. The largest absolute Gasteiger partial charge is 0.302 e. The van der Waals surface area contributed by atoms with E-state index in [4.69, 9.17) is 4.84 Å². The standard InChI is InChI=1S/C25H53NO/c1-3-5-6-7-8-9-10-11-12-13-14-15-16-17-18-19-20-21-22-23-25-27-26-24-4-2/h26H,3-25H2,1-2H3. The van der Waals surface area contributed by atoms with E-state index in [0.717, 1.165) is 19.6 Å². The summed E-state index contributed by atoms with van der Waals surface area (Å²) in [6.45, 7) is 6.30. The Morgan fingerprint density at radius 2 is 0.741 bits per heavy atom. The van der Waals surface area contributed by atoms with Crippen molar-refractivity contribution in [2.75, 3.05) is 13.2 Å². The highest BCUT2D eigenvalue weighted by Gasteiger charge is 1.95. The van der Waals surface area contributed by atoms with Gasteiger partial charge in [-0.05, 0) is 12.8 Å². The van der Waals surface area contributed by atoms with Gasteiger partial charge in [0.1, 0.15) is 0 Å². The number of nitrogens with one attached hydrogen (secondary N) is 1. The Labute approximate surface area is 172 Å². The van der Waals surface area contributed by atoms with Crippen LogP contribution in [0.1, 0.15) is 149 Å². The predicted octanol–water partition coefficient (Wildman–Crippen LogP) is 8.74. The smallest absolute Gasteiger partial charge is 0.0682 e. The SMILES string of the molecule is CCCCCCCCCCCCCCCCCCCCCCONCCC. The van der Waals surface area contributed by atoms with E-state index >= 15 is 0 Å². The zero-order chi connectivity index (χ0) is 19.7. The first-order valence-corrected chi connectivity index (χ1v) is 12.8. The van der Waals surface area contributed by atoms with E-state index in [1.165, 1.54) is 128 Å². The quantitative estimate of drug-likeness (QED) is 0.133. The molecule has 0 aliphatic heterocycles. The summed E-state index contributed by atoms with van der Waals surface area (Å²) in [5, 5.41) is 0. The lowest BCUT2D eigenvalue weighted by atomic mass is 10.0. The zero-order valence-corrected chi connectivity index (χ0v) is 19.2. The Bertz CT molecular complexity index is 220. The van der Waals surface area contributed by atoms with Gasteiger partial charge in [0.25, 0.3) is 0 Å². The Morgan fingerprint density at radius 3 is 1.07 bits per heavy atom. The highest BCUT2D eigenvalue weighted by molar-refractivity contribution is 4.50. The molecule has 164 valence electrons. The maximum Gasteiger partial charge on any atom is 0.0682 e. The van der Waals surface area contributed by atoms with Gasteiger partial charge in [-0.25, -0.2) is 5.48 Å². The van der Waals surface area contributed by atoms with Crippen LogP contribution >= 0.6 is 0 Å². The second kappa shape index (κ2) is 25.9. The van der Waals surface area contributed by atoms with Crippen LogP contribution in [0, 0.1) is 0 Å². The molecule has 0 aliphatic rings. The fourth-order valence-electron chi connectivity index (χ4n) is 3.68. The minimum absolute atomic E-state index is 0.874. The Morgan fingerprint density at radius 1 is 0.407 bits per heavy atom. The first-order valence-electron chi connectivity index (χ1n) is 12.8. The van der Waals surface area contributed by atoms with Gasteiger partial charge in [0, 0.05) is 6.54 Å². The Balaban J connectivity index is 2.95. The van der Waals surface area contributed by atoms with Gasteiger partial charge >= 0.3 is 0 Å². The Kier molecular flexibility index (Phi) is 25.8. The molecule has 27 heavy (non-hydrogen) atoms. The zero-order valence-electron chi connectivity index (χ0n) is 19.2. The van der Waals surface area contributed by atoms with Gasteiger partial charge in [0.05, 0.1) is 6.61 Å². The maximum atomic E-state index is 5.36. The van der Waals surface area contributed by atoms with E-state index in [1.807, 2.05) is 0 Å². The van der Waals surface area contributed by atoms with Crippen molar-refractivity contribution in [3.63, 3.8) is 0 Å². The fraction of sp³-hybridized carbons (Fsp3) is 1.00. The number of rotatable bonds is 24. The lowest BCUT2D eigenvalue weighted by Gasteiger charge is -2.05. The van der Waals surface area contributed by atoms with Crippen LogP contribution < -0.4 is 5.48 Å². The van der Waals surface area contributed by atoms with Crippen LogP contribution in [0.15, 0.2) is 0 Å². The molecule has 0 radical (unpaired) electrons. The molecule has 0 bridgehead atoms. The van der Waals surface area contributed by atoms with Gasteiger partial charge < -0.3 is 4.84 Å². The third kappa shape index (κ3) is 25.9. The predicted molar refractivity (Wildman–Crippen MR) is 122 cm³/mol. The van der Waals surface area contributed by atoms with Gasteiger partial charge in [-0.2, -0.15) is 0 Å². The van der Waals surface area contributed by atoms with Gasteiger partial charge in [-0.1, -0.05) is 136 Å². The highest BCUT2D eigenvalue weighted by Crippen LogP contribution is 2.14. The van der Waals surface area contributed by atoms with E-state index in [9.17, 15) is 0 Å². The summed E-state index contributed by atoms with van der Waals surface area (Å²) in [6, 6.07) is 0. The van der Waals surface area contributed by atoms with Crippen molar-refractivity contribution in [3.8, 4) is 0 Å². The number of hydroxylamine groups is 1. The molecule has 0 spiro atoms. The lowest BCUT2D eigenvalue weighted by molar-refractivity contribution is 0.0387. The molecule has 0 aromatic heterocycles. The molecule has 0 aromatic carbocycles. The normalized spacial score (nSPS) is 11.3. The van der Waals surface area contributed by atoms with E-state index < -0.39 is 0 Å². The molecule has 0 aliphatic carbocycles. The molecule has 0 unspecified atom stereocenters. The summed E-state index contributed by atoms with van der Waals surface area (Å²) < 4.78 is 0. The van der Waals surface area contributed by atoms with Gasteiger partial charge in [0.15, 0.2) is 0 Å². The number of hydrogen-bond acceptors (Lipinski definition) is 2. The monoisotopic (exact) mass is 383 g/mol. The summed E-state index contributed by atoms with van der Waals surface area (Å²) in [7, 11) is 0. The van der Waals surface area contributed by atoms with Crippen LogP contribution in [0.3, 0.4) is 0 Å². The van der Waals surface area contributed by atoms with Crippen molar-refractivity contribution < 1.29 is 4.84 Å². The van der Waals surface area contributed by atoms with Crippen molar-refractivity contribution in [1.82, 2.24) is 5.48 Å². The van der Waals surface area contributed by atoms with Crippen LogP contribution in [0.25, 0.3) is 0 Å². The summed E-state index contributed by atoms with van der Waals surface area (Å²) in [4.78, 5) is 5.36. The molecule has 2 nitrogen and oxygen atoms in total. The molecule has 0 atom stereocenters. The number of hydrogen-bond donors (Lipinski definition) is 1. The average Bonchev–Trinajstić information content (AvgIpc) is 2.68. The summed E-state index contributed by atoms with van der Waals surface area (Å²) in [5.41, 5.74) is 3.00. The van der Waals surface area contributed by atoms with Gasteiger partial charge in [-0.15, -0.1) is 0 Å². The second-order valence-corrected chi connectivity index (χ2v) is 8.46. The van der Waals surface area contributed by atoms with Crippen LogP contribution in [-0.2, 0) is 4.84 Å². The molecule has 0 rings (SSSR count). The molecule has 0 amide bonds. The van der Waals surface area contributed by atoms with Crippen molar-refractivity contribution >= 4 is 0 Å². The first-order chi connectivity index (χ1) is 13.4. The van der Waals surface area contributed by atoms with E-state index in [-0.39, 0.29) is 0 Å². The van der Waals surface area contributed by atoms with Crippen molar-refractivity contribution in [3.05, 3.63) is 0 Å². The molecule has 0 heterocycles. The molecule has 0 saturated carbocycles. The highest BCUT2D eigenvalue weighted by atomic mass is 16.6. The summed E-state index contributed by atoms with van der Waals surface area (Å²) >= 11 is 0. The van der Waals surface area contributed by atoms with Crippen molar-refractivity contribution in [1.29, 1.82) is 0 Å². The molecule has 0 fully saturated rings. The number of unbranched alkanes of at least 4 members (excludes halogenated alkanes) is 19. The molecular formula is C25H53NO. The average molecular weight is 384 g/mol. The van der Waals surface area contributed by atoms with Gasteiger partial charge in [0.2, 0.25) is 0 Å². The molecule has 2 heteroatoms. The Hall–Kier alpha value is -0.0800. The minimum Gasteiger partial charge on any atom is -0.302 e. The third-order valence-corrected chi connectivity index (χ3v) is 5.55. The molecule has 0 aromatic rings. The van der Waals surface area contributed by atoms with E-state index in [2.05, 4.69) is 19.3 Å². The minimum atomic E-state index is 0.874. The molecular weight excluding hydrogens is 330 g/mol. The van der Waals surface area contributed by atoms with E-state index in [0.29, 0.717) is 0 Å². The van der Waals surface area contributed by atoms with Crippen LogP contribution in [0.4, 0.5) is 0 Å². The van der Waals surface area contributed by atoms with E-state index in [1.54, 1.807) is 0 Å². The summed E-state index contributed by atoms with van der Waals surface area (Å²) in [5.74, 6) is 0. The second-order valence-electron chi connectivity index (χ2n) is 8.46.